The molecule has 0 spiro atoms. The highest BCUT2D eigenvalue weighted by Gasteiger charge is 2.23. The number of carbonyl (C=O) groups excluding carboxylic acids is 2. The number of nitrogens with one attached hydrogen (secondary N) is 1. The molecule has 1 saturated heterocycles. The third-order valence-electron chi connectivity index (χ3n) is 4.45. The van der Waals surface area contributed by atoms with Gasteiger partial charge in [-0.2, -0.15) is 0 Å². The minimum Gasteiger partial charge on any atom is -0.353 e. The average molecular weight is 358 g/mol. The average Bonchev–Trinajstić information content (AvgIpc) is 2.74. The zero-order chi connectivity index (χ0) is 18.6. The molecule has 2 amide bonds. The molecule has 1 N–H and O–H groups in total. The van der Waals surface area contributed by atoms with Crippen LogP contribution in [0.5, 0.6) is 0 Å². The van der Waals surface area contributed by atoms with Gasteiger partial charge in [0.15, 0.2) is 0 Å². The lowest BCUT2D eigenvalue weighted by Gasteiger charge is -2.26. The van der Waals surface area contributed by atoms with E-state index in [4.69, 9.17) is 0 Å². The maximum atomic E-state index is 12.9. The van der Waals surface area contributed by atoms with Crippen LogP contribution >= 0.6 is 0 Å². The summed E-state index contributed by atoms with van der Waals surface area (Å²) in [6.07, 6.45) is 3.29. The van der Waals surface area contributed by atoms with E-state index in [1.54, 1.807) is 17.3 Å². The van der Waals surface area contributed by atoms with Gasteiger partial charge in [-0.25, -0.2) is 0 Å². The van der Waals surface area contributed by atoms with Crippen molar-refractivity contribution in [1.82, 2.24) is 20.2 Å². The lowest BCUT2D eigenvalue weighted by Crippen LogP contribution is -2.50. The molecule has 3 heterocycles. The Labute approximate surface area is 156 Å². The second-order valence-electron chi connectivity index (χ2n) is 6.28. The highest BCUT2D eigenvalue weighted by molar-refractivity contribution is 5.98. The summed E-state index contributed by atoms with van der Waals surface area (Å²) in [5, 5.41) is 2.73. The van der Waals surface area contributed by atoms with Crippen LogP contribution in [0.2, 0.25) is 0 Å². The van der Waals surface area contributed by atoms with Crippen LogP contribution in [-0.4, -0.2) is 46.3 Å². The molecule has 1 aliphatic rings. The van der Waals surface area contributed by atoms with Crippen LogP contribution in [0.15, 0.2) is 67.0 Å². The summed E-state index contributed by atoms with van der Waals surface area (Å²) >= 11 is 0. The van der Waals surface area contributed by atoms with Crippen LogP contribution in [-0.2, 0) is 4.79 Å². The van der Waals surface area contributed by atoms with Crippen molar-refractivity contribution in [3.8, 4) is 22.5 Å². The second-order valence-corrected chi connectivity index (χ2v) is 6.28. The van der Waals surface area contributed by atoms with Gasteiger partial charge in [0.05, 0.1) is 23.5 Å². The molecular formula is C21H18N4O2. The molecule has 0 aliphatic carbocycles. The van der Waals surface area contributed by atoms with Gasteiger partial charge >= 0.3 is 0 Å². The number of nitrogens with zero attached hydrogens (tertiary/aromatic N) is 3. The van der Waals surface area contributed by atoms with Gasteiger partial charge < -0.3 is 10.2 Å². The molecule has 0 bridgehead atoms. The van der Waals surface area contributed by atoms with Crippen molar-refractivity contribution >= 4 is 11.8 Å². The Hall–Kier alpha value is -3.54. The van der Waals surface area contributed by atoms with Crippen LogP contribution in [0.3, 0.4) is 0 Å². The second kappa shape index (κ2) is 7.37. The van der Waals surface area contributed by atoms with Crippen molar-refractivity contribution in [2.45, 2.75) is 0 Å². The molecule has 0 unspecified atom stereocenters. The van der Waals surface area contributed by atoms with Crippen molar-refractivity contribution in [1.29, 1.82) is 0 Å². The first-order valence-corrected chi connectivity index (χ1v) is 8.75. The molecule has 6 nitrogen and oxygen atoms in total. The van der Waals surface area contributed by atoms with Gasteiger partial charge in [0.25, 0.3) is 5.91 Å². The van der Waals surface area contributed by atoms with E-state index in [-0.39, 0.29) is 18.4 Å². The van der Waals surface area contributed by atoms with Gasteiger partial charge in [-0.15, -0.1) is 0 Å². The Kier molecular flexibility index (Phi) is 4.61. The number of amides is 2. The smallest absolute Gasteiger partial charge is 0.255 e. The predicted octanol–water partition coefficient (Wildman–Crippen LogP) is 2.38. The van der Waals surface area contributed by atoms with E-state index in [2.05, 4.69) is 15.3 Å². The van der Waals surface area contributed by atoms with E-state index >= 15 is 0 Å². The van der Waals surface area contributed by atoms with E-state index in [9.17, 15) is 9.59 Å². The number of carbonyl (C=O) groups is 2. The van der Waals surface area contributed by atoms with Crippen LogP contribution in [0, 0.1) is 0 Å². The van der Waals surface area contributed by atoms with Gasteiger partial charge in [-0.1, -0.05) is 36.4 Å². The Balaban J connectivity index is 1.77. The Morgan fingerprint density at radius 3 is 2.59 bits per heavy atom. The minimum absolute atomic E-state index is 0.0676. The number of aromatic nitrogens is 2. The molecule has 4 rings (SSSR count). The van der Waals surface area contributed by atoms with E-state index in [1.807, 2.05) is 54.6 Å². The summed E-state index contributed by atoms with van der Waals surface area (Å²) < 4.78 is 0. The lowest BCUT2D eigenvalue weighted by molar-refractivity contribution is -0.123. The van der Waals surface area contributed by atoms with Crippen LogP contribution in [0.1, 0.15) is 10.4 Å². The molecular weight excluding hydrogens is 340 g/mol. The van der Waals surface area contributed by atoms with Crippen molar-refractivity contribution in [3.05, 3.63) is 72.6 Å². The zero-order valence-electron chi connectivity index (χ0n) is 14.6. The molecule has 1 aliphatic heterocycles. The molecule has 3 aromatic rings. The SMILES string of the molecule is O=C1CN(C(=O)c2cnc(-c3ccccc3)c(-c3ccccn3)c2)CCN1. The number of piperazine rings is 1. The highest BCUT2D eigenvalue weighted by Crippen LogP contribution is 2.30. The van der Waals surface area contributed by atoms with Gasteiger partial charge in [0, 0.05) is 36.6 Å². The summed E-state index contributed by atoms with van der Waals surface area (Å²) in [5.41, 5.74) is 3.70. The number of rotatable bonds is 3. The lowest BCUT2D eigenvalue weighted by atomic mass is 10.0. The first kappa shape index (κ1) is 16.9. The fourth-order valence-electron chi connectivity index (χ4n) is 3.12. The number of hydrogen-bond acceptors (Lipinski definition) is 4. The highest BCUT2D eigenvalue weighted by atomic mass is 16.2. The van der Waals surface area contributed by atoms with E-state index < -0.39 is 0 Å². The molecule has 0 saturated carbocycles. The number of pyridine rings is 2. The van der Waals surface area contributed by atoms with Crippen molar-refractivity contribution in [2.24, 2.45) is 0 Å². The number of benzene rings is 1. The van der Waals surface area contributed by atoms with Crippen molar-refractivity contribution in [2.75, 3.05) is 19.6 Å². The van der Waals surface area contributed by atoms with Crippen LogP contribution < -0.4 is 5.32 Å². The topological polar surface area (TPSA) is 75.2 Å². The van der Waals surface area contributed by atoms with Gasteiger partial charge in [0.2, 0.25) is 5.91 Å². The summed E-state index contributed by atoms with van der Waals surface area (Å²) in [6, 6.07) is 17.3. The first-order valence-electron chi connectivity index (χ1n) is 8.75. The Morgan fingerprint density at radius 1 is 1.04 bits per heavy atom. The molecule has 27 heavy (non-hydrogen) atoms. The summed E-state index contributed by atoms with van der Waals surface area (Å²) in [4.78, 5) is 35.0. The normalized spacial score (nSPS) is 13.9. The van der Waals surface area contributed by atoms with E-state index in [1.165, 1.54) is 0 Å². The molecule has 1 aromatic carbocycles. The zero-order valence-corrected chi connectivity index (χ0v) is 14.6. The molecule has 134 valence electrons. The quantitative estimate of drug-likeness (QED) is 0.780. The maximum absolute atomic E-state index is 12.9. The summed E-state index contributed by atoms with van der Waals surface area (Å²) in [5.74, 6) is -0.345. The third kappa shape index (κ3) is 3.55. The summed E-state index contributed by atoms with van der Waals surface area (Å²) in [7, 11) is 0. The fourth-order valence-corrected chi connectivity index (χ4v) is 3.12. The predicted molar refractivity (Wildman–Crippen MR) is 102 cm³/mol. The molecule has 1 fully saturated rings. The third-order valence-corrected chi connectivity index (χ3v) is 4.45. The van der Waals surface area contributed by atoms with Gasteiger partial charge in [0.1, 0.15) is 0 Å². The van der Waals surface area contributed by atoms with Gasteiger partial charge in [-0.3, -0.25) is 19.6 Å². The Morgan fingerprint density at radius 2 is 1.85 bits per heavy atom. The maximum Gasteiger partial charge on any atom is 0.255 e. The molecule has 0 radical (unpaired) electrons. The van der Waals surface area contributed by atoms with E-state index in [0.29, 0.717) is 18.7 Å². The van der Waals surface area contributed by atoms with Crippen molar-refractivity contribution < 1.29 is 9.59 Å². The monoisotopic (exact) mass is 358 g/mol. The molecule has 0 atom stereocenters. The molecule has 2 aromatic heterocycles. The van der Waals surface area contributed by atoms with E-state index in [0.717, 1.165) is 22.5 Å². The minimum atomic E-state index is -0.200. The van der Waals surface area contributed by atoms with Gasteiger partial charge in [-0.05, 0) is 18.2 Å². The van der Waals surface area contributed by atoms with Crippen LogP contribution in [0.4, 0.5) is 0 Å². The first-order chi connectivity index (χ1) is 13.2. The fraction of sp³-hybridized carbons (Fsp3) is 0.143. The largest absolute Gasteiger partial charge is 0.353 e. The Bertz CT molecular complexity index is 974. The van der Waals surface area contributed by atoms with Crippen LogP contribution in [0.25, 0.3) is 22.5 Å². The summed E-state index contributed by atoms with van der Waals surface area (Å²) in [6.45, 7) is 1.02. The van der Waals surface area contributed by atoms with Crippen molar-refractivity contribution in [3.63, 3.8) is 0 Å². The molecule has 6 heteroatoms. The number of hydrogen-bond donors (Lipinski definition) is 1. The standard InChI is InChI=1S/C21H18N4O2/c26-19-14-25(11-10-23-19)21(27)16-12-17(18-8-4-5-9-22-18)20(24-13-16)15-6-2-1-3-7-15/h1-9,12-13H,10-11,14H2,(H,23,26).